The van der Waals surface area contributed by atoms with Crippen molar-refractivity contribution in [3.8, 4) is 5.75 Å². The van der Waals surface area contributed by atoms with Gasteiger partial charge in [-0.05, 0) is 18.9 Å². The lowest BCUT2D eigenvalue weighted by molar-refractivity contribution is -0.384. The molecule has 0 saturated carbocycles. The van der Waals surface area contributed by atoms with Gasteiger partial charge in [0.15, 0.2) is 0 Å². The van der Waals surface area contributed by atoms with Crippen molar-refractivity contribution in [2.45, 2.75) is 12.8 Å². The first-order valence-corrected chi connectivity index (χ1v) is 7.36. The van der Waals surface area contributed by atoms with Crippen LogP contribution in [0.3, 0.4) is 0 Å². The highest BCUT2D eigenvalue weighted by atomic mass is 35.5. The molecule has 1 fully saturated rings. The molecular weight excluding hydrogens is 324 g/mol. The SMILES string of the molecule is COc1cc([N+](=O)[O-])ccc1N1C(=O)C2CC=C(Cl)CC2C1=O. The predicted octanol–water partition coefficient (Wildman–Crippen LogP) is 2.63. The molecule has 0 radical (unpaired) electrons. The Hall–Kier alpha value is -2.41. The molecular formula is C15H13ClN2O5. The summed E-state index contributed by atoms with van der Waals surface area (Å²) in [5.41, 5.74) is 0.0467. The molecule has 0 bridgehead atoms. The molecule has 2 amide bonds. The van der Waals surface area contributed by atoms with E-state index in [1.807, 2.05) is 0 Å². The number of non-ortho nitro benzene ring substituents is 1. The van der Waals surface area contributed by atoms with Crippen LogP contribution in [0.25, 0.3) is 0 Å². The number of carbonyl (C=O) groups excluding carboxylic acids is 2. The van der Waals surface area contributed by atoms with Crippen molar-refractivity contribution in [2.24, 2.45) is 11.8 Å². The van der Waals surface area contributed by atoms with E-state index >= 15 is 0 Å². The molecule has 0 N–H and O–H groups in total. The number of rotatable bonds is 3. The van der Waals surface area contributed by atoms with Crippen molar-refractivity contribution < 1.29 is 19.2 Å². The van der Waals surface area contributed by atoms with Gasteiger partial charge < -0.3 is 4.74 Å². The molecule has 1 aliphatic heterocycles. The van der Waals surface area contributed by atoms with Crippen LogP contribution in [0.2, 0.25) is 0 Å². The van der Waals surface area contributed by atoms with Crippen LogP contribution in [0.4, 0.5) is 11.4 Å². The number of carbonyl (C=O) groups is 2. The van der Waals surface area contributed by atoms with Crippen LogP contribution in [-0.4, -0.2) is 23.8 Å². The van der Waals surface area contributed by atoms with Gasteiger partial charge in [-0.3, -0.25) is 19.7 Å². The minimum absolute atomic E-state index is 0.110. The minimum Gasteiger partial charge on any atom is -0.494 e. The Kier molecular flexibility index (Phi) is 3.81. The van der Waals surface area contributed by atoms with Crippen LogP contribution in [-0.2, 0) is 9.59 Å². The Morgan fingerprint density at radius 2 is 2.00 bits per heavy atom. The molecule has 2 atom stereocenters. The maximum absolute atomic E-state index is 12.6. The molecule has 1 saturated heterocycles. The molecule has 8 heteroatoms. The maximum atomic E-state index is 12.6. The van der Waals surface area contributed by atoms with Gasteiger partial charge in [0.1, 0.15) is 5.75 Å². The van der Waals surface area contributed by atoms with Crippen LogP contribution in [0.15, 0.2) is 29.3 Å². The van der Waals surface area contributed by atoms with Gasteiger partial charge in [-0.2, -0.15) is 0 Å². The standard InChI is InChI=1S/C15H13ClN2O5/c1-23-13-7-9(18(21)22)3-5-12(13)17-14(19)10-4-2-8(16)6-11(10)15(17)20/h2-3,5,7,10-11H,4,6H2,1H3. The Bertz CT molecular complexity index is 745. The predicted molar refractivity (Wildman–Crippen MR) is 82.3 cm³/mol. The summed E-state index contributed by atoms with van der Waals surface area (Å²) in [6.45, 7) is 0. The van der Waals surface area contributed by atoms with E-state index < -0.39 is 16.8 Å². The van der Waals surface area contributed by atoms with Gasteiger partial charge in [-0.15, -0.1) is 0 Å². The number of nitrogens with zero attached hydrogens (tertiary/aromatic N) is 2. The molecule has 2 unspecified atom stereocenters. The highest BCUT2D eigenvalue weighted by molar-refractivity contribution is 6.30. The number of anilines is 1. The maximum Gasteiger partial charge on any atom is 0.273 e. The number of ether oxygens (including phenoxy) is 1. The topological polar surface area (TPSA) is 89.8 Å². The normalized spacial score (nSPS) is 23.6. The van der Waals surface area contributed by atoms with Crippen molar-refractivity contribution in [3.63, 3.8) is 0 Å². The summed E-state index contributed by atoms with van der Waals surface area (Å²) >= 11 is 5.98. The number of amides is 2. The number of hydrogen-bond acceptors (Lipinski definition) is 5. The second-order valence-electron chi connectivity index (χ2n) is 5.43. The van der Waals surface area contributed by atoms with Crippen LogP contribution < -0.4 is 9.64 Å². The van der Waals surface area contributed by atoms with Crippen molar-refractivity contribution in [1.82, 2.24) is 0 Å². The van der Waals surface area contributed by atoms with Gasteiger partial charge in [-0.1, -0.05) is 17.7 Å². The fourth-order valence-corrected chi connectivity index (χ4v) is 3.28. The molecule has 0 spiro atoms. The summed E-state index contributed by atoms with van der Waals surface area (Å²) in [5.74, 6) is -1.49. The summed E-state index contributed by atoms with van der Waals surface area (Å²) < 4.78 is 5.13. The van der Waals surface area contributed by atoms with Crippen molar-refractivity contribution >= 4 is 34.8 Å². The zero-order chi connectivity index (χ0) is 16.7. The Balaban J connectivity index is 2.01. The molecule has 7 nitrogen and oxygen atoms in total. The van der Waals surface area contributed by atoms with Gasteiger partial charge in [0.25, 0.3) is 5.69 Å². The molecule has 1 aromatic rings. The summed E-state index contributed by atoms with van der Waals surface area (Å²) in [4.78, 5) is 36.5. The number of benzene rings is 1. The molecule has 3 rings (SSSR count). The first-order chi connectivity index (χ1) is 10.9. The summed E-state index contributed by atoms with van der Waals surface area (Å²) in [6.07, 6.45) is 2.51. The lowest BCUT2D eigenvalue weighted by Crippen LogP contribution is -2.31. The highest BCUT2D eigenvalue weighted by Gasteiger charge is 2.49. The summed E-state index contributed by atoms with van der Waals surface area (Å²) in [7, 11) is 1.33. The fraction of sp³-hybridized carbons (Fsp3) is 0.333. The summed E-state index contributed by atoms with van der Waals surface area (Å²) in [5, 5.41) is 11.4. The van der Waals surface area contributed by atoms with Gasteiger partial charge in [0.05, 0.1) is 35.6 Å². The molecule has 1 heterocycles. The number of nitro groups is 1. The van der Waals surface area contributed by atoms with E-state index in [4.69, 9.17) is 16.3 Å². The number of imide groups is 1. The second kappa shape index (κ2) is 5.66. The monoisotopic (exact) mass is 336 g/mol. The molecule has 120 valence electrons. The number of nitro benzene ring substituents is 1. The number of halogens is 1. The largest absolute Gasteiger partial charge is 0.494 e. The van der Waals surface area contributed by atoms with E-state index in [9.17, 15) is 19.7 Å². The van der Waals surface area contributed by atoms with Crippen LogP contribution in [0.5, 0.6) is 5.75 Å². The quantitative estimate of drug-likeness (QED) is 0.481. The van der Waals surface area contributed by atoms with E-state index in [2.05, 4.69) is 0 Å². The minimum atomic E-state index is -0.566. The number of methoxy groups -OCH3 is 1. The Morgan fingerprint density at radius 1 is 1.30 bits per heavy atom. The molecule has 1 aliphatic carbocycles. The van der Waals surface area contributed by atoms with E-state index in [1.54, 1.807) is 6.08 Å². The van der Waals surface area contributed by atoms with E-state index in [0.29, 0.717) is 17.9 Å². The third-order valence-electron chi connectivity index (χ3n) is 4.18. The lowest BCUT2D eigenvalue weighted by atomic mass is 9.85. The first kappa shape index (κ1) is 15.5. The Labute approximate surface area is 136 Å². The fourth-order valence-electron chi connectivity index (χ4n) is 3.03. The van der Waals surface area contributed by atoms with Gasteiger partial charge in [0.2, 0.25) is 11.8 Å². The van der Waals surface area contributed by atoms with Crippen molar-refractivity contribution in [2.75, 3.05) is 12.0 Å². The zero-order valence-corrected chi connectivity index (χ0v) is 12.9. The number of hydrogen-bond donors (Lipinski definition) is 0. The van der Waals surface area contributed by atoms with Crippen LogP contribution >= 0.6 is 11.6 Å². The smallest absolute Gasteiger partial charge is 0.273 e. The summed E-state index contributed by atoms with van der Waals surface area (Å²) in [6, 6.07) is 3.80. The second-order valence-corrected chi connectivity index (χ2v) is 5.91. The van der Waals surface area contributed by atoms with Gasteiger partial charge >= 0.3 is 0 Å². The van der Waals surface area contributed by atoms with Gasteiger partial charge in [0, 0.05) is 11.1 Å². The lowest BCUT2D eigenvalue weighted by Gasteiger charge is -2.17. The van der Waals surface area contributed by atoms with E-state index in [0.717, 1.165) is 4.90 Å². The third-order valence-corrected chi connectivity index (χ3v) is 4.49. The third kappa shape index (κ3) is 2.46. The number of fused-ring (bicyclic) bond motifs is 1. The molecule has 1 aromatic carbocycles. The first-order valence-electron chi connectivity index (χ1n) is 6.98. The zero-order valence-electron chi connectivity index (χ0n) is 12.2. The Morgan fingerprint density at radius 3 is 2.65 bits per heavy atom. The average molecular weight is 337 g/mol. The molecule has 0 aromatic heterocycles. The van der Waals surface area contributed by atoms with E-state index in [1.165, 1.54) is 25.3 Å². The average Bonchev–Trinajstić information content (AvgIpc) is 2.77. The molecule has 23 heavy (non-hydrogen) atoms. The van der Waals surface area contributed by atoms with Crippen LogP contribution in [0, 0.1) is 22.0 Å². The van der Waals surface area contributed by atoms with Crippen molar-refractivity contribution in [3.05, 3.63) is 39.4 Å². The highest BCUT2D eigenvalue weighted by Crippen LogP contribution is 2.43. The molecule has 2 aliphatic rings. The number of allylic oxidation sites excluding steroid dienone is 2. The van der Waals surface area contributed by atoms with Crippen LogP contribution in [0.1, 0.15) is 12.8 Å². The van der Waals surface area contributed by atoms with Gasteiger partial charge in [-0.25, -0.2) is 4.90 Å². The van der Waals surface area contributed by atoms with Crippen molar-refractivity contribution in [1.29, 1.82) is 0 Å². The van der Waals surface area contributed by atoms with E-state index in [-0.39, 0.29) is 28.9 Å².